The summed E-state index contributed by atoms with van der Waals surface area (Å²) >= 11 is 0. The fraction of sp³-hybridized carbons (Fsp3) is 0.391. The highest BCUT2D eigenvalue weighted by molar-refractivity contribution is 7.89. The van der Waals surface area contributed by atoms with Gasteiger partial charge in [0.05, 0.1) is 4.90 Å². The van der Waals surface area contributed by atoms with E-state index >= 15 is 0 Å². The van der Waals surface area contributed by atoms with Crippen molar-refractivity contribution in [2.75, 3.05) is 18.4 Å². The third-order valence-electron chi connectivity index (χ3n) is 5.32. The number of carbonyl (C=O) groups excluding carboxylic acids is 2. The lowest BCUT2D eigenvalue weighted by molar-refractivity contribution is -0.118. The molecule has 31 heavy (non-hydrogen) atoms. The minimum Gasteiger partial charge on any atom is -0.340 e. The normalized spacial score (nSPS) is 15.6. The molecule has 0 aliphatic carbocycles. The fourth-order valence-electron chi connectivity index (χ4n) is 3.58. The number of aryl methyl sites for hydroxylation is 1. The molecule has 0 spiro atoms. The van der Waals surface area contributed by atoms with Gasteiger partial charge in [-0.25, -0.2) is 8.42 Å². The number of sulfonamides is 1. The number of hydrogen-bond acceptors (Lipinski definition) is 4. The maximum atomic E-state index is 12.9. The molecule has 1 heterocycles. The summed E-state index contributed by atoms with van der Waals surface area (Å²) in [6, 6.07) is 12.6. The molecule has 2 N–H and O–H groups in total. The van der Waals surface area contributed by atoms with Gasteiger partial charge in [0.1, 0.15) is 6.04 Å². The van der Waals surface area contributed by atoms with E-state index in [9.17, 15) is 18.0 Å². The number of carbonyl (C=O) groups is 2. The Kier molecular flexibility index (Phi) is 7.12. The predicted octanol–water partition coefficient (Wildman–Crippen LogP) is 3.17. The average Bonchev–Trinajstić information content (AvgIpc) is 3.27. The second-order valence-electron chi connectivity index (χ2n) is 8.19. The van der Waals surface area contributed by atoms with Crippen LogP contribution in [0.2, 0.25) is 0 Å². The van der Waals surface area contributed by atoms with Crippen molar-refractivity contribution in [3.63, 3.8) is 0 Å². The van der Waals surface area contributed by atoms with Crippen molar-refractivity contribution in [1.29, 1.82) is 0 Å². The van der Waals surface area contributed by atoms with Gasteiger partial charge in [0, 0.05) is 24.3 Å². The molecule has 1 aliphatic rings. The molecule has 0 bridgehead atoms. The molecule has 1 saturated heterocycles. The molecule has 1 fully saturated rings. The predicted molar refractivity (Wildman–Crippen MR) is 120 cm³/mol. The van der Waals surface area contributed by atoms with Crippen LogP contribution in [-0.2, 0) is 14.8 Å². The zero-order chi connectivity index (χ0) is 22.6. The Hall–Kier alpha value is -2.71. The van der Waals surface area contributed by atoms with E-state index in [-0.39, 0.29) is 16.7 Å². The van der Waals surface area contributed by atoms with Crippen molar-refractivity contribution in [2.24, 2.45) is 5.92 Å². The zero-order valence-corrected chi connectivity index (χ0v) is 18.9. The third-order valence-corrected chi connectivity index (χ3v) is 7.22. The number of nitrogens with one attached hydrogen (secondary N) is 2. The first-order valence-corrected chi connectivity index (χ1v) is 11.9. The molecule has 8 heteroatoms. The molecular weight excluding hydrogens is 414 g/mol. The van der Waals surface area contributed by atoms with Gasteiger partial charge in [0.15, 0.2) is 0 Å². The van der Waals surface area contributed by atoms with E-state index < -0.39 is 22.0 Å². The Morgan fingerprint density at radius 2 is 1.68 bits per heavy atom. The van der Waals surface area contributed by atoms with Crippen LogP contribution in [0.25, 0.3) is 0 Å². The van der Waals surface area contributed by atoms with Crippen molar-refractivity contribution in [1.82, 2.24) is 9.62 Å². The molecule has 0 unspecified atom stereocenters. The summed E-state index contributed by atoms with van der Waals surface area (Å²) in [7, 11) is -3.58. The second-order valence-corrected chi connectivity index (χ2v) is 10.1. The smallest absolute Gasteiger partial charge is 0.251 e. The Balaban J connectivity index is 1.74. The Morgan fingerprint density at radius 1 is 1.00 bits per heavy atom. The summed E-state index contributed by atoms with van der Waals surface area (Å²) in [5.41, 5.74) is 1.81. The molecule has 0 radical (unpaired) electrons. The van der Waals surface area contributed by atoms with Crippen LogP contribution in [0.5, 0.6) is 0 Å². The minimum atomic E-state index is -3.58. The zero-order valence-electron chi connectivity index (χ0n) is 18.1. The van der Waals surface area contributed by atoms with Crippen molar-refractivity contribution in [3.05, 3.63) is 59.7 Å². The van der Waals surface area contributed by atoms with Gasteiger partial charge in [0.25, 0.3) is 5.91 Å². The maximum absolute atomic E-state index is 12.9. The quantitative estimate of drug-likeness (QED) is 0.687. The minimum absolute atomic E-state index is 0.150. The van der Waals surface area contributed by atoms with Crippen LogP contribution in [-0.4, -0.2) is 43.7 Å². The SMILES string of the molecule is Cc1cccc(C(=O)N[C@H](C(=O)Nc2cccc(S(=O)(=O)N3CCCC3)c2)C(C)C)c1. The summed E-state index contributed by atoms with van der Waals surface area (Å²) in [6.07, 6.45) is 1.71. The Morgan fingerprint density at radius 3 is 2.32 bits per heavy atom. The summed E-state index contributed by atoms with van der Waals surface area (Å²) in [6.45, 7) is 6.61. The van der Waals surface area contributed by atoms with Gasteiger partial charge in [-0.1, -0.05) is 37.6 Å². The lowest BCUT2D eigenvalue weighted by Crippen LogP contribution is -2.47. The molecule has 0 saturated carbocycles. The van der Waals surface area contributed by atoms with Crippen LogP contribution in [0.1, 0.15) is 42.6 Å². The van der Waals surface area contributed by atoms with E-state index in [0.29, 0.717) is 24.3 Å². The summed E-state index contributed by atoms with van der Waals surface area (Å²) < 4.78 is 27.1. The van der Waals surface area contributed by atoms with E-state index in [1.807, 2.05) is 26.8 Å². The van der Waals surface area contributed by atoms with Crippen LogP contribution in [0.4, 0.5) is 5.69 Å². The second kappa shape index (κ2) is 9.62. The third kappa shape index (κ3) is 5.51. The standard InChI is InChI=1S/C23H29N3O4S/c1-16(2)21(25-22(27)18-9-6-8-17(3)14-18)23(28)24-19-10-7-11-20(15-19)31(29,30)26-12-4-5-13-26/h6-11,14-16,21H,4-5,12-13H2,1-3H3,(H,24,28)(H,25,27)/t21-/m0/s1. The highest BCUT2D eigenvalue weighted by Crippen LogP contribution is 2.23. The number of anilines is 1. The molecule has 1 aliphatic heterocycles. The van der Waals surface area contributed by atoms with E-state index in [1.54, 1.807) is 30.3 Å². The van der Waals surface area contributed by atoms with Gasteiger partial charge >= 0.3 is 0 Å². The molecule has 1 atom stereocenters. The van der Waals surface area contributed by atoms with Crippen molar-refractivity contribution >= 4 is 27.5 Å². The van der Waals surface area contributed by atoms with Gasteiger partial charge in [-0.2, -0.15) is 4.31 Å². The first-order valence-electron chi connectivity index (χ1n) is 10.5. The number of hydrogen-bond donors (Lipinski definition) is 2. The van der Waals surface area contributed by atoms with E-state index in [4.69, 9.17) is 0 Å². The van der Waals surface area contributed by atoms with Gasteiger partial charge in [0.2, 0.25) is 15.9 Å². The highest BCUT2D eigenvalue weighted by Gasteiger charge is 2.28. The first kappa shape index (κ1) is 23.0. The largest absolute Gasteiger partial charge is 0.340 e. The lowest BCUT2D eigenvalue weighted by Gasteiger charge is -2.22. The van der Waals surface area contributed by atoms with Gasteiger partial charge in [-0.15, -0.1) is 0 Å². The summed E-state index contributed by atoms with van der Waals surface area (Å²) in [5.74, 6) is -0.889. The number of benzene rings is 2. The van der Waals surface area contributed by atoms with Crippen LogP contribution in [0.15, 0.2) is 53.4 Å². The van der Waals surface area contributed by atoms with E-state index in [0.717, 1.165) is 18.4 Å². The van der Waals surface area contributed by atoms with Crippen LogP contribution >= 0.6 is 0 Å². The number of rotatable bonds is 7. The molecule has 2 aromatic rings. The molecule has 166 valence electrons. The van der Waals surface area contributed by atoms with E-state index in [2.05, 4.69) is 10.6 Å². The van der Waals surface area contributed by atoms with Crippen LogP contribution < -0.4 is 10.6 Å². The van der Waals surface area contributed by atoms with Crippen molar-refractivity contribution in [3.8, 4) is 0 Å². The number of nitrogens with zero attached hydrogens (tertiary/aromatic N) is 1. The molecule has 7 nitrogen and oxygen atoms in total. The molecule has 2 amide bonds. The van der Waals surface area contributed by atoms with Crippen molar-refractivity contribution in [2.45, 2.75) is 44.6 Å². The van der Waals surface area contributed by atoms with Crippen LogP contribution in [0.3, 0.4) is 0 Å². The fourth-order valence-corrected chi connectivity index (χ4v) is 5.14. The maximum Gasteiger partial charge on any atom is 0.251 e. The Bertz CT molecular complexity index is 1060. The number of amides is 2. The van der Waals surface area contributed by atoms with Gasteiger partial charge in [-0.3, -0.25) is 9.59 Å². The molecule has 0 aromatic heterocycles. The molecule has 3 rings (SSSR count). The topological polar surface area (TPSA) is 95.6 Å². The molecule has 2 aromatic carbocycles. The lowest BCUT2D eigenvalue weighted by atomic mass is 10.0. The monoisotopic (exact) mass is 443 g/mol. The van der Waals surface area contributed by atoms with E-state index in [1.165, 1.54) is 16.4 Å². The first-order chi connectivity index (χ1) is 14.7. The summed E-state index contributed by atoms with van der Waals surface area (Å²) in [5, 5.41) is 5.55. The highest BCUT2D eigenvalue weighted by atomic mass is 32.2. The summed E-state index contributed by atoms with van der Waals surface area (Å²) in [4.78, 5) is 25.7. The van der Waals surface area contributed by atoms with Gasteiger partial charge < -0.3 is 10.6 Å². The molecular formula is C23H29N3O4S. The van der Waals surface area contributed by atoms with Gasteiger partial charge in [-0.05, 0) is 56.0 Å². The Labute approximate surface area is 183 Å². The van der Waals surface area contributed by atoms with Crippen molar-refractivity contribution < 1.29 is 18.0 Å². The van der Waals surface area contributed by atoms with Crippen LogP contribution in [0, 0.1) is 12.8 Å². The average molecular weight is 444 g/mol.